The number of nitrogens with one attached hydrogen (secondary N) is 1. The normalized spacial score (nSPS) is 17.4. The lowest BCUT2D eigenvalue weighted by Gasteiger charge is -2.11. The number of hydrogen-bond donors (Lipinski definition) is 2. The van der Waals surface area contributed by atoms with Crippen LogP contribution in [0.1, 0.15) is 23.6 Å². The first kappa shape index (κ1) is 14.6. The molecule has 1 atom stereocenters. The highest BCUT2D eigenvalue weighted by Gasteiger charge is 2.20. The van der Waals surface area contributed by atoms with Gasteiger partial charge in [0.2, 0.25) is 5.95 Å². The highest BCUT2D eigenvalue weighted by molar-refractivity contribution is 5.42. The summed E-state index contributed by atoms with van der Waals surface area (Å²) in [6, 6.07) is 9.86. The molecule has 6 heteroatoms. The molecule has 1 aromatic carbocycles. The summed E-state index contributed by atoms with van der Waals surface area (Å²) < 4.78 is 10.6. The van der Waals surface area contributed by atoms with Crippen LogP contribution in [0.2, 0.25) is 0 Å². The maximum atomic E-state index is 5.81. The molecule has 3 rings (SSSR count). The minimum Gasteiger partial charge on any atom is -0.497 e. The average Bonchev–Trinajstić information content (AvgIpc) is 3.07. The number of rotatable bonds is 5. The number of nitrogen functional groups attached to an aromatic ring is 1. The predicted molar refractivity (Wildman–Crippen MR) is 84.9 cm³/mol. The van der Waals surface area contributed by atoms with E-state index in [0.29, 0.717) is 25.0 Å². The Labute approximate surface area is 129 Å². The largest absolute Gasteiger partial charge is 0.497 e. The Hall–Kier alpha value is -2.34. The molecule has 2 heterocycles. The van der Waals surface area contributed by atoms with E-state index in [4.69, 9.17) is 15.2 Å². The highest BCUT2D eigenvalue weighted by atomic mass is 16.5. The van der Waals surface area contributed by atoms with Gasteiger partial charge in [-0.15, -0.1) is 0 Å². The maximum absolute atomic E-state index is 5.81. The molecule has 1 saturated heterocycles. The molecule has 0 spiro atoms. The van der Waals surface area contributed by atoms with E-state index in [1.165, 1.54) is 0 Å². The third kappa shape index (κ3) is 3.46. The van der Waals surface area contributed by atoms with Crippen molar-refractivity contribution in [1.29, 1.82) is 0 Å². The van der Waals surface area contributed by atoms with Crippen LogP contribution in [-0.4, -0.2) is 30.3 Å². The Balaban J connectivity index is 1.68. The van der Waals surface area contributed by atoms with Crippen molar-refractivity contribution in [1.82, 2.24) is 9.97 Å². The molecule has 1 aromatic heterocycles. The van der Waals surface area contributed by atoms with Crippen molar-refractivity contribution in [2.24, 2.45) is 0 Å². The number of methoxy groups -OCH3 is 1. The Kier molecular flexibility index (Phi) is 4.39. The van der Waals surface area contributed by atoms with Crippen LogP contribution in [-0.2, 0) is 11.3 Å². The zero-order valence-corrected chi connectivity index (χ0v) is 12.6. The predicted octanol–water partition coefficient (Wildman–Crippen LogP) is 2.18. The van der Waals surface area contributed by atoms with Gasteiger partial charge in [0.15, 0.2) is 0 Å². The number of anilines is 2. The fourth-order valence-corrected chi connectivity index (χ4v) is 2.49. The molecule has 0 unspecified atom stereocenters. The smallest absolute Gasteiger partial charge is 0.222 e. The molecule has 22 heavy (non-hydrogen) atoms. The van der Waals surface area contributed by atoms with Gasteiger partial charge in [0.25, 0.3) is 0 Å². The van der Waals surface area contributed by atoms with Crippen molar-refractivity contribution in [2.75, 3.05) is 31.4 Å². The van der Waals surface area contributed by atoms with Crippen molar-refractivity contribution in [3.63, 3.8) is 0 Å². The summed E-state index contributed by atoms with van der Waals surface area (Å²) in [6.45, 7) is 2.15. The summed E-state index contributed by atoms with van der Waals surface area (Å²) in [4.78, 5) is 8.57. The van der Waals surface area contributed by atoms with Crippen LogP contribution in [0.25, 0.3) is 0 Å². The van der Waals surface area contributed by atoms with Crippen molar-refractivity contribution in [3.8, 4) is 5.75 Å². The standard InChI is InChI=1S/C16H20N4O2/c1-21-13-4-2-11(3-5-13)9-18-15-8-14(19-16(17)20-15)12-6-7-22-10-12/h2-5,8,12H,6-7,9-10H2,1H3,(H3,17,18,19,20)/t12-/m1/s1. The molecule has 0 saturated carbocycles. The lowest BCUT2D eigenvalue weighted by molar-refractivity contribution is 0.193. The van der Waals surface area contributed by atoms with E-state index >= 15 is 0 Å². The topological polar surface area (TPSA) is 82.3 Å². The zero-order valence-electron chi connectivity index (χ0n) is 12.6. The molecule has 1 fully saturated rings. The van der Waals surface area contributed by atoms with Gasteiger partial charge in [-0.1, -0.05) is 12.1 Å². The van der Waals surface area contributed by atoms with E-state index in [-0.39, 0.29) is 0 Å². The van der Waals surface area contributed by atoms with Gasteiger partial charge < -0.3 is 20.5 Å². The third-order valence-electron chi connectivity index (χ3n) is 3.74. The summed E-state index contributed by atoms with van der Waals surface area (Å²) in [5, 5.41) is 3.29. The Bertz CT molecular complexity index is 625. The van der Waals surface area contributed by atoms with E-state index in [2.05, 4.69) is 15.3 Å². The van der Waals surface area contributed by atoms with E-state index in [0.717, 1.165) is 35.9 Å². The number of benzene rings is 1. The molecule has 1 aliphatic heterocycles. The first-order valence-corrected chi connectivity index (χ1v) is 7.33. The minimum atomic E-state index is 0.293. The van der Waals surface area contributed by atoms with E-state index in [9.17, 15) is 0 Å². The van der Waals surface area contributed by atoms with Crippen LogP contribution in [0.15, 0.2) is 30.3 Å². The minimum absolute atomic E-state index is 0.293. The second kappa shape index (κ2) is 6.62. The highest BCUT2D eigenvalue weighted by Crippen LogP contribution is 2.25. The summed E-state index contributed by atoms with van der Waals surface area (Å²) in [6.07, 6.45) is 0.981. The van der Waals surface area contributed by atoms with Crippen molar-refractivity contribution >= 4 is 11.8 Å². The number of ether oxygens (including phenoxy) is 2. The molecule has 2 aromatic rings. The van der Waals surface area contributed by atoms with Crippen LogP contribution in [0.5, 0.6) is 5.75 Å². The molecule has 6 nitrogen and oxygen atoms in total. The first-order chi connectivity index (χ1) is 10.7. The Morgan fingerprint density at radius 2 is 2.14 bits per heavy atom. The van der Waals surface area contributed by atoms with Gasteiger partial charge in [-0.05, 0) is 24.1 Å². The van der Waals surface area contributed by atoms with Gasteiger partial charge in [-0.3, -0.25) is 0 Å². The third-order valence-corrected chi connectivity index (χ3v) is 3.74. The first-order valence-electron chi connectivity index (χ1n) is 7.33. The SMILES string of the molecule is COc1ccc(CNc2cc([C@@H]3CCOC3)nc(N)n2)cc1. The van der Waals surface area contributed by atoms with Gasteiger partial charge in [0.1, 0.15) is 11.6 Å². The van der Waals surface area contributed by atoms with E-state index < -0.39 is 0 Å². The number of hydrogen-bond acceptors (Lipinski definition) is 6. The van der Waals surface area contributed by atoms with Crippen LogP contribution in [0.4, 0.5) is 11.8 Å². The molecule has 0 bridgehead atoms. The summed E-state index contributed by atoms with van der Waals surface area (Å²) >= 11 is 0. The summed E-state index contributed by atoms with van der Waals surface area (Å²) in [5.74, 6) is 2.19. The van der Waals surface area contributed by atoms with Crippen LogP contribution in [0.3, 0.4) is 0 Å². The summed E-state index contributed by atoms with van der Waals surface area (Å²) in [5.41, 5.74) is 7.90. The van der Waals surface area contributed by atoms with Gasteiger partial charge in [-0.2, -0.15) is 4.98 Å². The van der Waals surface area contributed by atoms with Crippen molar-refractivity contribution in [2.45, 2.75) is 18.9 Å². The lowest BCUT2D eigenvalue weighted by atomic mass is 10.0. The zero-order chi connectivity index (χ0) is 15.4. The second-order valence-corrected chi connectivity index (χ2v) is 5.30. The molecular weight excluding hydrogens is 280 g/mol. The van der Waals surface area contributed by atoms with Crippen LogP contribution < -0.4 is 15.8 Å². The maximum Gasteiger partial charge on any atom is 0.222 e. The average molecular weight is 300 g/mol. The van der Waals surface area contributed by atoms with Crippen molar-refractivity contribution < 1.29 is 9.47 Å². The quantitative estimate of drug-likeness (QED) is 0.880. The molecule has 0 amide bonds. The number of aromatic nitrogens is 2. The van der Waals surface area contributed by atoms with Crippen LogP contribution in [0, 0.1) is 0 Å². The molecule has 0 radical (unpaired) electrons. The van der Waals surface area contributed by atoms with E-state index in [1.54, 1.807) is 7.11 Å². The molecule has 116 valence electrons. The fraction of sp³-hybridized carbons (Fsp3) is 0.375. The lowest BCUT2D eigenvalue weighted by Crippen LogP contribution is -2.09. The number of nitrogens with two attached hydrogens (primary N) is 1. The van der Waals surface area contributed by atoms with Gasteiger partial charge >= 0.3 is 0 Å². The molecule has 0 aliphatic carbocycles. The molecule has 3 N–H and O–H groups in total. The van der Waals surface area contributed by atoms with Crippen LogP contribution >= 0.6 is 0 Å². The molecule has 1 aliphatic rings. The Morgan fingerprint density at radius 1 is 1.32 bits per heavy atom. The summed E-state index contributed by atoms with van der Waals surface area (Å²) in [7, 11) is 1.66. The monoisotopic (exact) mass is 300 g/mol. The second-order valence-electron chi connectivity index (χ2n) is 5.30. The van der Waals surface area contributed by atoms with Gasteiger partial charge in [-0.25, -0.2) is 4.98 Å². The van der Waals surface area contributed by atoms with Crippen molar-refractivity contribution in [3.05, 3.63) is 41.6 Å². The number of nitrogens with zero attached hydrogens (tertiary/aromatic N) is 2. The van der Waals surface area contributed by atoms with Gasteiger partial charge in [0, 0.05) is 25.1 Å². The Morgan fingerprint density at radius 3 is 2.82 bits per heavy atom. The van der Waals surface area contributed by atoms with E-state index in [1.807, 2.05) is 30.3 Å². The fourth-order valence-electron chi connectivity index (χ4n) is 2.49. The van der Waals surface area contributed by atoms with Gasteiger partial charge in [0.05, 0.1) is 19.4 Å². The molecular formula is C16H20N4O2.